The van der Waals surface area contributed by atoms with Crippen molar-refractivity contribution in [3.8, 4) is 11.5 Å². The Morgan fingerprint density at radius 1 is 0.902 bits per heavy atom. The number of aryl methyl sites for hydroxylation is 1. The van der Waals surface area contributed by atoms with Crippen LogP contribution in [0, 0.1) is 6.92 Å². The molecule has 0 aliphatic carbocycles. The van der Waals surface area contributed by atoms with Crippen molar-refractivity contribution in [1.82, 2.24) is 10.2 Å². The van der Waals surface area contributed by atoms with Gasteiger partial charge in [0.1, 0.15) is 12.6 Å². The Morgan fingerprint density at radius 3 is 2.12 bits per heavy atom. The van der Waals surface area contributed by atoms with Crippen molar-refractivity contribution < 1.29 is 27.5 Å². The number of nitrogens with one attached hydrogen (secondary N) is 1. The third-order valence-corrected chi connectivity index (χ3v) is 8.47. The second-order valence-electron chi connectivity index (χ2n) is 9.90. The lowest BCUT2D eigenvalue weighted by atomic mass is 10.1. The van der Waals surface area contributed by atoms with Crippen molar-refractivity contribution in [2.75, 3.05) is 25.1 Å². The monoisotopic (exact) mass is 581 g/mol. The summed E-state index contributed by atoms with van der Waals surface area (Å²) in [5.74, 6) is -0.0937. The fraction of sp³-hybridized carbons (Fsp3) is 0.355. The van der Waals surface area contributed by atoms with Crippen LogP contribution < -0.4 is 19.1 Å². The van der Waals surface area contributed by atoms with E-state index in [1.54, 1.807) is 30.3 Å². The van der Waals surface area contributed by atoms with Crippen molar-refractivity contribution in [3.63, 3.8) is 0 Å². The highest BCUT2D eigenvalue weighted by Crippen LogP contribution is 2.34. The summed E-state index contributed by atoms with van der Waals surface area (Å²) in [5, 5.41) is 2.90. The summed E-state index contributed by atoms with van der Waals surface area (Å²) in [4.78, 5) is 28.9. The van der Waals surface area contributed by atoms with Crippen molar-refractivity contribution >= 4 is 27.5 Å². The molecule has 3 aromatic rings. The molecule has 0 aliphatic heterocycles. The summed E-state index contributed by atoms with van der Waals surface area (Å²) < 4.78 is 39.8. The third-order valence-electron chi connectivity index (χ3n) is 6.68. The van der Waals surface area contributed by atoms with Gasteiger partial charge in [-0.1, -0.05) is 49.4 Å². The highest BCUT2D eigenvalue weighted by Gasteiger charge is 2.34. The molecule has 10 heteroatoms. The molecule has 0 fully saturated rings. The highest BCUT2D eigenvalue weighted by atomic mass is 32.2. The maximum atomic E-state index is 14.2. The summed E-state index contributed by atoms with van der Waals surface area (Å²) >= 11 is 0. The quantitative estimate of drug-likeness (QED) is 0.318. The number of hydrogen-bond acceptors (Lipinski definition) is 6. The summed E-state index contributed by atoms with van der Waals surface area (Å²) in [6.07, 6.45) is 0.345. The van der Waals surface area contributed by atoms with Gasteiger partial charge in [-0.15, -0.1) is 0 Å². The minimum Gasteiger partial charge on any atom is -0.493 e. The van der Waals surface area contributed by atoms with E-state index < -0.39 is 28.5 Å². The van der Waals surface area contributed by atoms with Crippen molar-refractivity contribution in [1.29, 1.82) is 0 Å². The van der Waals surface area contributed by atoms with Crippen LogP contribution in [-0.2, 0) is 26.2 Å². The van der Waals surface area contributed by atoms with Gasteiger partial charge in [0.25, 0.3) is 10.0 Å². The molecule has 3 aromatic carbocycles. The Bertz CT molecular complexity index is 1440. The van der Waals surface area contributed by atoms with Crippen LogP contribution in [0.2, 0.25) is 0 Å². The largest absolute Gasteiger partial charge is 0.493 e. The summed E-state index contributed by atoms with van der Waals surface area (Å²) in [6, 6.07) is 19.2. The number of anilines is 1. The summed E-state index contributed by atoms with van der Waals surface area (Å²) in [5.41, 5.74) is 2.04. The van der Waals surface area contributed by atoms with E-state index in [-0.39, 0.29) is 29.1 Å². The molecule has 2 amide bonds. The first-order valence-corrected chi connectivity index (χ1v) is 14.9. The lowest BCUT2D eigenvalue weighted by molar-refractivity contribution is -0.140. The Labute approximate surface area is 243 Å². The third kappa shape index (κ3) is 7.58. The molecule has 41 heavy (non-hydrogen) atoms. The fourth-order valence-electron chi connectivity index (χ4n) is 4.50. The van der Waals surface area contributed by atoms with Crippen LogP contribution in [0.25, 0.3) is 0 Å². The van der Waals surface area contributed by atoms with Crippen molar-refractivity contribution in [2.24, 2.45) is 0 Å². The maximum absolute atomic E-state index is 14.2. The van der Waals surface area contributed by atoms with Gasteiger partial charge in [-0.05, 0) is 62.6 Å². The number of carbonyl (C=O) groups is 2. The Kier molecular flexibility index (Phi) is 10.8. The average molecular weight is 582 g/mol. The molecule has 0 heterocycles. The minimum absolute atomic E-state index is 0.0256. The van der Waals surface area contributed by atoms with E-state index in [9.17, 15) is 18.0 Å². The molecular formula is C31H39N3O6S. The SMILES string of the molecule is CCC(C(=O)NC(C)C)N(Cc1ccccc1C)C(=O)CN(c1ccc(OC)c(OC)c1)S(=O)(=O)c1ccccc1. The van der Waals surface area contributed by atoms with Gasteiger partial charge in [0.05, 0.1) is 24.8 Å². The zero-order chi connectivity index (χ0) is 30.2. The van der Waals surface area contributed by atoms with Gasteiger partial charge in [-0.25, -0.2) is 8.42 Å². The molecule has 1 N–H and O–H groups in total. The van der Waals surface area contributed by atoms with E-state index in [0.29, 0.717) is 17.9 Å². The molecule has 3 rings (SSSR count). The molecule has 9 nitrogen and oxygen atoms in total. The van der Waals surface area contributed by atoms with Gasteiger partial charge in [0.2, 0.25) is 11.8 Å². The van der Waals surface area contributed by atoms with E-state index in [2.05, 4.69) is 5.32 Å². The number of hydrogen-bond donors (Lipinski definition) is 1. The lowest BCUT2D eigenvalue weighted by Gasteiger charge is -2.34. The highest BCUT2D eigenvalue weighted by molar-refractivity contribution is 7.92. The molecule has 0 saturated heterocycles. The number of rotatable bonds is 13. The van der Waals surface area contributed by atoms with Crippen LogP contribution in [0.5, 0.6) is 11.5 Å². The zero-order valence-corrected chi connectivity index (χ0v) is 25.3. The predicted octanol–water partition coefficient (Wildman–Crippen LogP) is 4.54. The van der Waals surface area contributed by atoms with Crippen LogP contribution in [0.3, 0.4) is 0 Å². The molecule has 0 aliphatic rings. The molecule has 0 aromatic heterocycles. The first-order valence-electron chi connectivity index (χ1n) is 13.5. The van der Waals surface area contributed by atoms with Crippen LogP contribution in [0.1, 0.15) is 38.3 Å². The first-order chi connectivity index (χ1) is 19.5. The molecule has 0 spiro atoms. The van der Waals surface area contributed by atoms with E-state index in [1.807, 2.05) is 52.0 Å². The van der Waals surface area contributed by atoms with Gasteiger partial charge in [-0.3, -0.25) is 13.9 Å². The Morgan fingerprint density at radius 2 is 1.54 bits per heavy atom. The number of methoxy groups -OCH3 is 2. The van der Waals surface area contributed by atoms with Gasteiger partial charge >= 0.3 is 0 Å². The fourth-order valence-corrected chi connectivity index (χ4v) is 5.93. The maximum Gasteiger partial charge on any atom is 0.264 e. The second kappa shape index (κ2) is 14.0. The lowest BCUT2D eigenvalue weighted by Crippen LogP contribution is -2.53. The summed E-state index contributed by atoms with van der Waals surface area (Å²) in [7, 11) is -1.26. The summed E-state index contributed by atoms with van der Waals surface area (Å²) in [6.45, 7) is 7.07. The molecule has 0 bridgehead atoms. The van der Waals surface area contributed by atoms with Gasteiger partial charge in [-0.2, -0.15) is 0 Å². The smallest absolute Gasteiger partial charge is 0.264 e. The minimum atomic E-state index is -4.19. The molecule has 1 unspecified atom stereocenters. The molecule has 220 valence electrons. The van der Waals surface area contributed by atoms with Crippen molar-refractivity contribution in [2.45, 2.75) is 57.6 Å². The molecule has 0 saturated carbocycles. The predicted molar refractivity (Wildman–Crippen MR) is 160 cm³/mol. The first kappa shape index (κ1) is 31.5. The molecule has 0 radical (unpaired) electrons. The number of amides is 2. The van der Waals surface area contributed by atoms with Crippen LogP contribution in [-0.4, -0.2) is 58.0 Å². The molecular weight excluding hydrogens is 542 g/mol. The number of ether oxygens (including phenoxy) is 2. The topological polar surface area (TPSA) is 105 Å². The average Bonchev–Trinajstić information content (AvgIpc) is 2.96. The van der Waals surface area contributed by atoms with Gasteiger partial charge in [0.15, 0.2) is 11.5 Å². The number of benzene rings is 3. The van der Waals surface area contributed by atoms with E-state index in [4.69, 9.17) is 9.47 Å². The second-order valence-corrected chi connectivity index (χ2v) is 11.8. The number of carbonyl (C=O) groups excluding carboxylic acids is 2. The number of nitrogens with zero attached hydrogens (tertiary/aromatic N) is 2. The van der Waals surface area contributed by atoms with Crippen LogP contribution in [0.4, 0.5) is 5.69 Å². The zero-order valence-electron chi connectivity index (χ0n) is 24.5. The van der Waals surface area contributed by atoms with E-state index in [0.717, 1.165) is 15.4 Å². The Hall–Kier alpha value is -4.05. The Balaban J connectivity index is 2.12. The molecule has 1 atom stereocenters. The van der Waals surface area contributed by atoms with E-state index >= 15 is 0 Å². The van der Waals surface area contributed by atoms with Gasteiger partial charge < -0.3 is 19.7 Å². The number of sulfonamides is 1. The standard InChI is InChI=1S/C31H39N3O6S/c1-7-27(31(36)32-22(2)3)33(20-24-14-12-11-13-23(24)4)30(35)21-34(41(37,38)26-15-9-8-10-16-26)25-17-18-28(39-5)29(19-25)40-6/h8-19,22,27H,7,20-21H2,1-6H3,(H,32,36). The van der Waals surface area contributed by atoms with Crippen LogP contribution >= 0.6 is 0 Å². The van der Waals surface area contributed by atoms with Crippen LogP contribution in [0.15, 0.2) is 77.7 Å². The van der Waals surface area contributed by atoms with Crippen molar-refractivity contribution in [3.05, 3.63) is 83.9 Å². The van der Waals surface area contributed by atoms with Gasteiger partial charge in [0, 0.05) is 18.7 Å². The normalized spacial score (nSPS) is 12.0. The van der Waals surface area contributed by atoms with E-state index in [1.165, 1.54) is 37.3 Å².